The van der Waals surface area contributed by atoms with Gasteiger partial charge in [0.2, 0.25) is 0 Å². The summed E-state index contributed by atoms with van der Waals surface area (Å²) in [6.45, 7) is 4.61. The third-order valence-corrected chi connectivity index (χ3v) is 3.49. The zero-order valence-electron chi connectivity index (χ0n) is 11.4. The fourth-order valence-electron chi connectivity index (χ4n) is 2.20. The summed E-state index contributed by atoms with van der Waals surface area (Å²) in [4.78, 5) is 15.5. The predicted octanol–water partition coefficient (Wildman–Crippen LogP) is 1.38. The van der Waals surface area contributed by atoms with Gasteiger partial charge in [0.1, 0.15) is 0 Å². The Hall–Kier alpha value is -1.46. The molecule has 1 aromatic heterocycles. The average molecular weight is 264 g/mol. The number of ether oxygens (including phenoxy) is 2. The molecule has 1 aliphatic heterocycles. The number of nitrogens with zero attached hydrogens (tertiary/aromatic N) is 1. The van der Waals surface area contributed by atoms with Crippen molar-refractivity contribution in [3.05, 3.63) is 29.6 Å². The predicted molar refractivity (Wildman–Crippen MR) is 70.8 cm³/mol. The monoisotopic (exact) mass is 264 g/mol. The van der Waals surface area contributed by atoms with Gasteiger partial charge in [0.15, 0.2) is 0 Å². The fourth-order valence-corrected chi connectivity index (χ4v) is 2.20. The van der Waals surface area contributed by atoms with Crippen molar-refractivity contribution < 1.29 is 14.3 Å². The molecule has 5 heteroatoms. The van der Waals surface area contributed by atoms with Crippen LogP contribution in [0.3, 0.4) is 0 Å². The van der Waals surface area contributed by atoms with Gasteiger partial charge in [0, 0.05) is 25.9 Å². The Morgan fingerprint density at radius 1 is 1.58 bits per heavy atom. The highest BCUT2D eigenvalue weighted by Crippen LogP contribution is 2.19. The number of methoxy groups -OCH3 is 1. The molecule has 2 heterocycles. The van der Waals surface area contributed by atoms with Crippen LogP contribution in [0.15, 0.2) is 18.3 Å². The third kappa shape index (κ3) is 3.75. The molecule has 0 spiro atoms. The first-order valence-electron chi connectivity index (χ1n) is 6.56. The van der Waals surface area contributed by atoms with Crippen molar-refractivity contribution in [3.8, 4) is 0 Å². The first kappa shape index (κ1) is 14.0. The van der Waals surface area contributed by atoms with E-state index in [-0.39, 0.29) is 5.97 Å². The minimum absolute atomic E-state index is 0.335. The highest BCUT2D eigenvalue weighted by atomic mass is 16.5. The van der Waals surface area contributed by atoms with Crippen molar-refractivity contribution in [2.24, 2.45) is 5.92 Å². The number of hydrogen-bond acceptors (Lipinski definition) is 5. The standard InChI is InChI=1S/C14H20N2O3/c1-10-11(5-6-19-10)7-15-9-13-4-3-12(8-16-13)14(17)18-2/h3-4,8,10-11,15H,5-7,9H2,1-2H3. The summed E-state index contributed by atoms with van der Waals surface area (Å²) in [6.07, 6.45) is 3.00. The Labute approximate surface area is 113 Å². The van der Waals surface area contributed by atoms with Crippen molar-refractivity contribution >= 4 is 5.97 Å². The van der Waals surface area contributed by atoms with Gasteiger partial charge in [0.05, 0.1) is 24.5 Å². The van der Waals surface area contributed by atoms with E-state index in [1.165, 1.54) is 7.11 Å². The van der Waals surface area contributed by atoms with Gasteiger partial charge in [-0.05, 0) is 31.4 Å². The van der Waals surface area contributed by atoms with Gasteiger partial charge < -0.3 is 14.8 Å². The quantitative estimate of drug-likeness (QED) is 0.814. The second-order valence-corrected chi connectivity index (χ2v) is 4.79. The second-order valence-electron chi connectivity index (χ2n) is 4.79. The van der Waals surface area contributed by atoms with E-state index in [0.717, 1.165) is 25.3 Å². The lowest BCUT2D eigenvalue weighted by molar-refractivity contribution is 0.0600. The lowest BCUT2D eigenvalue weighted by atomic mass is 10.0. The molecule has 0 aliphatic carbocycles. The van der Waals surface area contributed by atoms with Crippen LogP contribution in [0.25, 0.3) is 0 Å². The second kappa shape index (κ2) is 6.63. The van der Waals surface area contributed by atoms with Crippen LogP contribution in [0.4, 0.5) is 0 Å². The molecule has 5 nitrogen and oxygen atoms in total. The highest BCUT2D eigenvalue weighted by Gasteiger charge is 2.23. The molecule has 19 heavy (non-hydrogen) atoms. The Morgan fingerprint density at radius 2 is 2.42 bits per heavy atom. The maximum Gasteiger partial charge on any atom is 0.339 e. The summed E-state index contributed by atoms with van der Waals surface area (Å²) in [7, 11) is 1.36. The Morgan fingerprint density at radius 3 is 3.00 bits per heavy atom. The summed E-state index contributed by atoms with van der Waals surface area (Å²) < 4.78 is 10.1. The summed E-state index contributed by atoms with van der Waals surface area (Å²) >= 11 is 0. The number of hydrogen-bond donors (Lipinski definition) is 1. The molecule has 1 aliphatic rings. The van der Waals surface area contributed by atoms with Crippen LogP contribution in [-0.4, -0.2) is 37.3 Å². The number of rotatable bonds is 5. The lowest BCUT2D eigenvalue weighted by Gasteiger charge is -2.14. The first-order valence-corrected chi connectivity index (χ1v) is 6.56. The molecule has 0 amide bonds. The molecule has 0 bridgehead atoms. The Balaban J connectivity index is 1.78. The lowest BCUT2D eigenvalue weighted by Crippen LogP contribution is -2.27. The molecule has 1 N–H and O–H groups in total. The van der Waals surface area contributed by atoms with E-state index in [9.17, 15) is 4.79 Å². The van der Waals surface area contributed by atoms with Gasteiger partial charge in [0.25, 0.3) is 0 Å². The van der Waals surface area contributed by atoms with Gasteiger partial charge in [-0.15, -0.1) is 0 Å². The number of nitrogens with one attached hydrogen (secondary N) is 1. The van der Waals surface area contributed by atoms with Crippen LogP contribution in [0, 0.1) is 5.92 Å². The summed E-state index contributed by atoms with van der Waals surface area (Å²) in [5.41, 5.74) is 1.39. The maximum atomic E-state index is 11.3. The van der Waals surface area contributed by atoms with Crippen LogP contribution in [-0.2, 0) is 16.0 Å². The summed E-state index contributed by atoms with van der Waals surface area (Å²) in [6, 6.07) is 3.57. The summed E-state index contributed by atoms with van der Waals surface area (Å²) in [5, 5.41) is 3.38. The Bertz CT molecular complexity index is 419. The smallest absolute Gasteiger partial charge is 0.339 e. The normalized spacial score (nSPS) is 22.4. The summed E-state index contributed by atoms with van der Waals surface area (Å²) in [5.74, 6) is 0.221. The molecule has 2 atom stereocenters. The minimum atomic E-state index is -0.357. The number of aromatic nitrogens is 1. The van der Waals surface area contributed by atoms with Crippen LogP contribution in [0.5, 0.6) is 0 Å². The van der Waals surface area contributed by atoms with Gasteiger partial charge in [-0.25, -0.2) is 4.79 Å². The SMILES string of the molecule is COC(=O)c1ccc(CNCC2CCOC2C)nc1. The average Bonchev–Trinajstić information content (AvgIpc) is 2.84. The van der Waals surface area contributed by atoms with E-state index < -0.39 is 0 Å². The van der Waals surface area contributed by atoms with Crippen molar-refractivity contribution in [2.45, 2.75) is 26.0 Å². The maximum absolute atomic E-state index is 11.3. The Kier molecular flexibility index (Phi) is 4.87. The third-order valence-electron chi connectivity index (χ3n) is 3.49. The van der Waals surface area contributed by atoms with Crippen LogP contribution in [0.1, 0.15) is 29.4 Å². The van der Waals surface area contributed by atoms with E-state index in [4.69, 9.17) is 4.74 Å². The van der Waals surface area contributed by atoms with Gasteiger partial charge in [-0.3, -0.25) is 4.98 Å². The number of carbonyl (C=O) groups is 1. The molecule has 2 unspecified atom stereocenters. The molecule has 104 valence electrons. The topological polar surface area (TPSA) is 60.5 Å². The molecule has 1 saturated heterocycles. The van der Waals surface area contributed by atoms with Crippen LogP contribution in [0.2, 0.25) is 0 Å². The number of pyridine rings is 1. The van der Waals surface area contributed by atoms with E-state index in [1.54, 1.807) is 12.3 Å². The van der Waals surface area contributed by atoms with Crippen LogP contribution >= 0.6 is 0 Å². The van der Waals surface area contributed by atoms with Crippen molar-refractivity contribution in [3.63, 3.8) is 0 Å². The van der Waals surface area contributed by atoms with E-state index in [1.807, 2.05) is 6.07 Å². The van der Waals surface area contributed by atoms with E-state index in [0.29, 0.717) is 24.1 Å². The fraction of sp³-hybridized carbons (Fsp3) is 0.571. The number of carbonyl (C=O) groups excluding carboxylic acids is 1. The number of esters is 1. The minimum Gasteiger partial charge on any atom is -0.465 e. The van der Waals surface area contributed by atoms with Gasteiger partial charge >= 0.3 is 5.97 Å². The first-order chi connectivity index (χ1) is 9.20. The van der Waals surface area contributed by atoms with Crippen molar-refractivity contribution in [2.75, 3.05) is 20.3 Å². The van der Waals surface area contributed by atoms with E-state index in [2.05, 4.69) is 22.0 Å². The molecular weight excluding hydrogens is 244 g/mol. The van der Waals surface area contributed by atoms with E-state index >= 15 is 0 Å². The largest absolute Gasteiger partial charge is 0.465 e. The molecule has 1 aromatic rings. The van der Waals surface area contributed by atoms with Gasteiger partial charge in [-0.1, -0.05) is 0 Å². The molecule has 2 rings (SSSR count). The molecule has 0 aromatic carbocycles. The zero-order valence-corrected chi connectivity index (χ0v) is 11.4. The molecule has 0 radical (unpaired) electrons. The van der Waals surface area contributed by atoms with Crippen molar-refractivity contribution in [1.29, 1.82) is 0 Å². The molecule has 0 saturated carbocycles. The zero-order chi connectivity index (χ0) is 13.7. The molecule has 1 fully saturated rings. The van der Waals surface area contributed by atoms with Gasteiger partial charge in [-0.2, -0.15) is 0 Å². The highest BCUT2D eigenvalue weighted by molar-refractivity contribution is 5.88. The van der Waals surface area contributed by atoms with Crippen LogP contribution < -0.4 is 5.32 Å². The van der Waals surface area contributed by atoms with Crippen molar-refractivity contribution in [1.82, 2.24) is 10.3 Å². The molecular formula is C14H20N2O3.